The van der Waals surface area contributed by atoms with Gasteiger partial charge in [0.15, 0.2) is 0 Å². The summed E-state index contributed by atoms with van der Waals surface area (Å²) in [6.07, 6.45) is 6.23. The van der Waals surface area contributed by atoms with Gasteiger partial charge in [0.2, 0.25) is 10.0 Å². The third-order valence-corrected chi connectivity index (χ3v) is 7.38. The average molecular weight is 317 g/mol. The number of piperidine rings is 1. The number of hydrogen-bond acceptors (Lipinski definition) is 4. The van der Waals surface area contributed by atoms with Gasteiger partial charge in [-0.05, 0) is 31.6 Å². The van der Waals surface area contributed by atoms with Crippen molar-refractivity contribution in [2.45, 2.75) is 57.1 Å². The standard InChI is InChI=1S/C15H27NO4S/c1-3-5-12-8-10-16(11-9-12)21(18,19)14-7-4-6-13(14)15(17)20-2/h12-14H,3-11H2,1-2H3. The summed E-state index contributed by atoms with van der Waals surface area (Å²) in [6.45, 7) is 3.39. The highest BCUT2D eigenvalue weighted by atomic mass is 32.2. The first kappa shape index (κ1) is 16.7. The second-order valence-corrected chi connectivity index (χ2v) is 8.43. The molecule has 0 aromatic carbocycles. The Bertz CT molecular complexity index is 454. The van der Waals surface area contributed by atoms with E-state index in [-0.39, 0.29) is 5.97 Å². The zero-order valence-electron chi connectivity index (χ0n) is 13.1. The largest absolute Gasteiger partial charge is 0.469 e. The van der Waals surface area contributed by atoms with Crippen LogP contribution in [0.3, 0.4) is 0 Å². The molecule has 0 amide bonds. The van der Waals surface area contributed by atoms with Crippen LogP contribution in [0.25, 0.3) is 0 Å². The van der Waals surface area contributed by atoms with Crippen LogP contribution in [0.5, 0.6) is 0 Å². The van der Waals surface area contributed by atoms with Crippen LogP contribution < -0.4 is 0 Å². The van der Waals surface area contributed by atoms with Gasteiger partial charge in [-0.25, -0.2) is 12.7 Å². The molecule has 2 rings (SSSR count). The molecule has 2 unspecified atom stereocenters. The molecule has 21 heavy (non-hydrogen) atoms. The number of carbonyl (C=O) groups is 1. The van der Waals surface area contributed by atoms with E-state index in [2.05, 4.69) is 6.92 Å². The predicted octanol–water partition coefficient (Wildman–Crippen LogP) is 2.17. The molecule has 1 saturated heterocycles. The first-order chi connectivity index (χ1) is 10.0. The van der Waals surface area contributed by atoms with Gasteiger partial charge < -0.3 is 4.74 Å². The molecule has 0 bridgehead atoms. The minimum atomic E-state index is -3.37. The van der Waals surface area contributed by atoms with E-state index < -0.39 is 21.2 Å². The van der Waals surface area contributed by atoms with Crippen LogP contribution in [0.15, 0.2) is 0 Å². The Kier molecular flexibility index (Phi) is 5.66. The van der Waals surface area contributed by atoms with E-state index in [1.54, 1.807) is 4.31 Å². The summed E-state index contributed by atoms with van der Waals surface area (Å²) < 4.78 is 32.0. The van der Waals surface area contributed by atoms with Crippen LogP contribution in [0, 0.1) is 11.8 Å². The van der Waals surface area contributed by atoms with Crippen LogP contribution >= 0.6 is 0 Å². The molecule has 2 atom stereocenters. The molecule has 122 valence electrons. The first-order valence-corrected chi connectivity index (χ1v) is 9.57. The molecule has 0 N–H and O–H groups in total. The van der Waals surface area contributed by atoms with E-state index in [1.165, 1.54) is 13.5 Å². The van der Waals surface area contributed by atoms with Crippen molar-refractivity contribution < 1.29 is 17.9 Å². The average Bonchev–Trinajstić information content (AvgIpc) is 2.97. The Morgan fingerprint density at radius 1 is 1.19 bits per heavy atom. The minimum absolute atomic E-state index is 0.373. The summed E-state index contributed by atoms with van der Waals surface area (Å²) in [4.78, 5) is 11.8. The number of methoxy groups -OCH3 is 1. The molecule has 2 fully saturated rings. The Hall–Kier alpha value is -0.620. The maximum absolute atomic E-state index is 12.8. The summed E-state index contributed by atoms with van der Waals surface area (Å²) in [7, 11) is -2.04. The third kappa shape index (κ3) is 3.59. The highest BCUT2D eigenvalue weighted by Crippen LogP contribution is 2.35. The van der Waals surface area contributed by atoms with Crippen molar-refractivity contribution in [3.63, 3.8) is 0 Å². The van der Waals surface area contributed by atoms with Crippen molar-refractivity contribution in [2.24, 2.45) is 11.8 Å². The monoisotopic (exact) mass is 317 g/mol. The lowest BCUT2D eigenvalue weighted by molar-refractivity contribution is -0.145. The molecule has 0 spiro atoms. The number of carbonyl (C=O) groups excluding carboxylic acids is 1. The van der Waals surface area contributed by atoms with Gasteiger partial charge in [-0.15, -0.1) is 0 Å². The number of esters is 1. The van der Waals surface area contributed by atoms with Gasteiger partial charge in [0.25, 0.3) is 0 Å². The third-order valence-electron chi connectivity index (χ3n) is 4.97. The van der Waals surface area contributed by atoms with Crippen molar-refractivity contribution in [1.82, 2.24) is 4.31 Å². The Morgan fingerprint density at radius 2 is 1.86 bits per heavy atom. The number of hydrogen-bond donors (Lipinski definition) is 0. The Balaban J connectivity index is 2.03. The maximum atomic E-state index is 12.8. The van der Waals surface area contributed by atoms with E-state index >= 15 is 0 Å². The molecule has 0 radical (unpaired) electrons. The van der Waals surface area contributed by atoms with Crippen LogP contribution in [-0.2, 0) is 19.6 Å². The normalized spacial score (nSPS) is 28.7. The molecule has 5 nitrogen and oxygen atoms in total. The minimum Gasteiger partial charge on any atom is -0.469 e. The smallest absolute Gasteiger partial charge is 0.310 e. The van der Waals surface area contributed by atoms with Crippen LogP contribution in [-0.4, -0.2) is 44.1 Å². The lowest BCUT2D eigenvalue weighted by Crippen LogP contribution is -2.45. The topological polar surface area (TPSA) is 63.7 Å². The fourth-order valence-electron chi connectivity index (χ4n) is 3.76. The van der Waals surface area contributed by atoms with Crippen molar-refractivity contribution >= 4 is 16.0 Å². The van der Waals surface area contributed by atoms with E-state index in [4.69, 9.17) is 4.74 Å². The second kappa shape index (κ2) is 7.09. The first-order valence-electron chi connectivity index (χ1n) is 8.07. The lowest BCUT2D eigenvalue weighted by atomic mass is 9.94. The zero-order chi connectivity index (χ0) is 15.5. The Morgan fingerprint density at radius 3 is 2.43 bits per heavy atom. The lowest BCUT2D eigenvalue weighted by Gasteiger charge is -2.33. The fraction of sp³-hybridized carbons (Fsp3) is 0.933. The van der Waals surface area contributed by atoms with Gasteiger partial charge in [0.1, 0.15) is 0 Å². The molecule has 1 saturated carbocycles. The van der Waals surface area contributed by atoms with Crippen molar-refractivity contribution in [2.75, 3.05) is 20.2 Å². The van der Waals surface area contributed by atoms with Crippen molar-refractivity contribution in [3.8, 4) is 0 Å². The second-order valence-electron chi connectivity index (χ2n) is 6.28. The summed E-state index contributed by atoms with van der Waals surface area (Å²) in [6, 6.07) is 0. The maximum Gasteiger partial charge on any atom is 0.310 e. The molecule has 1 aliphatic heterocycles. The molecule has 1 aliphatic carbocycles. The number of ether oxygens (including phenoxy) is 1. The van der Waals surface area contributed by atoms with Gasteiger partial charge in [-0.2, -0.15) is 0 Å². The summed E-state index contributed by atoms with van der Waals surface area (Å²) >= 11 is 0. The van der Waals surface area contributed by atoms with Crippen LogP contribution in [0.2, 0.25) is 0 Å². The molecule has 2 aliphatic rings. The van der Waals surface area contributed by atoms with Gasteiger partial charge >= 0.3 is 5.97 Å². The SMILES string of the molecule is CCCC1CCN(S(=O)(=O)C2CCCC2C(=O)OC)CC1. The van der Waals surface area contributed by atoms with E-state index in [0.29, 0.717) is 31.8 Å². The molecular weight excluding hydrogens is 290 g/mol. The number of rotatable bonds is 5. The number of sulfonamides is 1. The predicted molar refractivity (Wildman–Crippen MR) is 81.3 cm³/mol. The van der Waals surface area contributed by atoms with Crippen molar-refractivity contribution in [1.29, 1.82) is 0 Å². The quantitative estimate of drug-likeness (QED) is 0.729. The van der Waals surface area contributed by atoms with E-state index in [1.807, 2.05) is 0 Å². The summed E-state index contributed by atoms with van der Waals surface area (Å²) in [5.41, 5.74) is 0. The highest BCUT2D eigenvalue weighted by Gasteiger charge is 2.45. The molecular formula is C15H27NO4S. The zero-order valence-corrected chi connectivity index (χ0v) is 13.9. The van der Waals surface area contributed by atoms with Crippen LogP contribution in [0.1, 0.15) is 51.9 Å². The van der Waals surface area contributed by atoms with Gasteiger partial charge in [0.05, 0.1) is 18.3 Å². The van der Waals surface area contributed by atoms with Crippen molar-refractivity contribution in [3.05, 3.63) is 0 Å². The summed E-state index contributed by atoms with van der Waals surface area (Å²) in [5, 5.41) is -0.576. The fourth-order valence-corrected chi connectivity index (χ4v) is 5.99. The van der Waals surface area contributed by atoms with Gasteiger partial charge in [0, 0.05) is 13.1 Å². The van der Waals surface area contributed by atoms with E-state index in [9.17, 15) is 13.2 Å². The Labute approximate surface area is 128 Å². The summed E-state index contributed by atoms with van der Waals surface area (Å²) in [5.74, 6) is -0.197. The van der Waals surface area contributed by atoms with Gasteiger partial charge in [-0.3, -0.25) is 4.79 Å². The van der Waals surface area contributed by atoms with Crippen LogP contribution in [0.4, 0.5) is 0 Å². The highest BCUT2D eigenvalue weighted by molar-refractivity contribution is 7.89. The molecule has 1 heterocycles. The molecule has 6 heteroatoms. The molecule has 0 aromatic heterocycles. The van der Waals surface area contributed by atoms with E-state index in [0.717, 1.165) is 25.7 Å². The number of nitrogens with zero attached hydrogens (tertiary/aromatic N) is 1. The molecule has 0 aromatic rings. The van der Waals surface area contributed by atoms with Gasteiger partial charge in [-0.1, -0.05) is 26.2 Å².